The Morgan fingerprint density at radius 1 is 1.29 bits per heavy atom. The molecule has 24 heavy (non-hydrogen) atoms. The van der Waals surface area contributed by atoms with Gasteiger partial charge >= 0.3 is 0 Å². The predicted molar refractivity (Wildman–Crippen MR) is 89.4 cm³/mol. The van der Waals surface area contributed by atoms with Crippen molar-refractivity contribution in [2.75, 3.05) is 4.72 Å². The van der Waals surface area contributed by atoms with Crippen LogP contribution in [0.5, 0.6) is 0 Å². The third kappa shape index (κ3) is 2.68. The van der Waals surface area contributed by atoms with Gasteiger partial charge in [0, 0.05) is 11.4 Å². The minimum absolute atomic E-state index is 0.0532. The Hall–Kier alpha value is -2.63. The zero-order valence-electron chi connectivity index (χ0n) is 12.8. The molecule has 0 saturated carbocycles. The van der Waals surface area contributed by atoms with Gasteiger partial charge in [-0.25, -0.2) is 17.9 Å². The number of nitriles is 1. The highest BCUT2D eigenvalue weighted by Crippen LogP contribution is 2.26. The van der Waals surface area contributed by atoms with Crippen LogP contribution in [0.2, 0.25) is 5.02 Å². The maximum Gasteiger partial charge on any atom is 0.264 e. The van der Waals surface area contributed by atoms with Crippen molar-refractivity contribution in [2.45, 2.75) is 18.7 Å². The molecule has 0 aliphatic heterocycles. The van der Waals surface area contributed by atoms with Crippen LogP contribution >= 0.6 is 11.6 Å². The Kier molecular flexibility index (Phi) is 3.91. The van der Waals surface area contributed by atoms with Crippen LogP contribution in [0.1, 0.15) is 17.0 Å². The van der Waals surface area contributed by atoms with E-state index in [1.807, 2.05) is 6.07 Å². The van der Waals surface area contributed by atoms with Crippen LogP contribution in [0.25, 0.3) is 5.65 Å². The Morgan fingerprint density at radius 2 is 2.00 bits per heavy atom. The van der Waals surface area contributed by atoms with E-state index in [0.29, 0.717) is 11.3 Å². The molecule has 0 aliphatic carbocycles. The number of sulfonamides is 1. The molecule has 0 saturated heterocycles. The number of benzene rings is 1. The molecule has 0 radical (unpaired) electrons. The fourth-order valence-electron chi connectivity index (χ4n) is 2.34. The fourth-order valence-corrected chi connectivity index (χ4v) is 3.87. The minimum atomic E-state index is -3.98. The summed E-state index contributed by atoms with van der Waals surface area (Å²) in [7, 11) is -3.98. The summed E-state index contributed by atoms with van der Waals surface area (Å²) >= 11 is 5.95. The number of aryl methyl sites for hydroxylation is 2. The molecule has 1 N–H and O–H groups in total. The highest BCUT2D eigenvalue weighted by molar-refractivity contribution is 7.92. The van der Waals surface area contributed by atoms with E-state index in [4.69, 9.17) is 11.6 Å². The van der Waals surface area contributed by atoms with Gasteiger partial charge in [0.2, 0.25) is 0 Å². The summed E-state index contributed by atoms with van der Waals surface area (Å²) in [4.78, 5) is 4.18. The van der Waals surface area contributed by atoms with Crippen molar-refractivity contribution in [2.24, 2.45) is 0 Å². The molecule has 0 amide bonds. The molecule has 0 bridgehead atoms. The van der Waals surface area contributed by atoms with Crippen molar-refractivity contribution in [1.82, 2.24) is 14.6 Å². The van der Waals surface area contributed by atoms with Gasteiger partial charge in [0.05, 0.1) is 5.02 Å². The van der Waals surface area contributed by atoms with Crippen LogP contribution in [0, 0.1) is 25.2 Å². The summed E-state index contributed by atoms with van der Waals surface area (Å²) in [6, 6.07) is 9.78. The maximum absolute atomic E-state index is 12.5. The van der Waals surface area contributed by atoms with E-state index in [1.165, 1.54) is 16.6 Å². The molecule has 9 heteroatoms. The molecular weight excluding hydrogens is 350 g/mol. The Balaban J connectivity index is 2.16. The molecule has 0 spiro atoms. The van der Waals surface area contributed by atoms with E-state index < -0.39 is 10.0 Å². The normalized spacial score (nSPS) is 11.4. The van der Waals surface area contributed by atoms with Gasteiger partial charge in [-0.2, -0.15) is 5.26 Å². The lowest BCUT2D eigenvalue weighted by Crippen LogP contribution is -2.14. The Labute approximate surface area is 143 Å². The smallest absolute Gasteiger partial charge is 0.261 e. The van der Waals surface area contributed by atoms with Gasteiger partial charge in [-0.05, 0) is 32.0 Å². The molecule has 3 rings (SSSR count). The average molecular weight is 362 g/mol. The molecule has 7 nitrogen and oxygen atoms in total. The first-order chi connectivity index (χ1) is 11.3. The van der Waals surface area contributed by atoms with Crippen LogP contribution in [-0.4, -0.2) is 23.0 Å². The summed E-state index contributed by atoms with van der Waals surface area (Å²) in [6.07, 6.45) is 0. The zero-order chi connectivity index (χ0) is 17.5. The van der Waals surface area contributed by atoms with E-state index in [2.05, 4.69) is 14.8 Å². The molecule has 3 aromatic rings. The van der Waals surface area contributed by atoms with Crippen molar-refractivity contribution in [1.29, 1.82) is 5.26 Å². The summed E-state index contributed by atoms with van der Waals surface area (Å²) in [5, 5.41) is 13.6. The van der Waals surface area contributed by atoms with Gasteiger partial charge < -0.3 is 0 Å². The second-order valence-corrected chi connectivity index (χ2v) is 7.20. The average Bonchev–Trinajstić information content (AvgIpc) is 2.84. The quantitative estimate of drug-likeness (QED) is 0.772. The number of rotatable bonds is 3. The number of anilines is 1. The number of halogens is 1. The molecule has 2 aromatic heterocycles. The van der Waals surface area contributed by atoms with E-state index in [0.717, 1.165) is 5.69 Å². The van der Waals surface area contributed by atoms with Crippen molar-refractivity contribution < 1.29 is 8.42 Å². The van der Waals surface area contributed by atoms with E-state index in [9.17, 15) is 13.7 Å². The SMILES string of the molecule is Cc1cc(C)n2nc(NS(=O)(=O)c3ccccc3Cl)c(C#N)c2n1. The number of nitrogens with zero attached hydrogens (tertiary/aromatic N) is 4. The van der Waals surface area contributed by atoms with Crippen molar-refractivity contribution in [3.05, 3.63) is 52.3 Å². The van der Waals surface area contributed by atoms with Gasteiger partial charge in [0.15, 0.2) is 11.5 Å². The largest absolute Gasteiger partial charge is 0.264 e. The van der Waals surface area contributed by atoms with Gasteiger partial charge in [-0.1, -0.05) is 23.7 Å². The molecule has 122 valence electrons. The summed E-state index contributed by atoms with van der Waals surface area (Å²) < 4.78 is 28.8. The lowest BCUT2D eigenvalue weighted by Gasteiger charge is -2.07. The topological polar surface area (TPSA) is 100 Å². The first-order valence-corrected chi connectivity index (χ1v) is 8.74. The van der Waals surface area contributed by atoms with Crippen LogP contribution in [0.3, 0.4) is 0 Å². The van der Waals surface area contributed by atoms with E-state index in [1.54, 1.807) is 32.0 Å². The van der Waals surface area contributed by atoms with Crippen molar-refractivity contribution in [3.63, 3.8) is 0 Å². The molecule has 0 fully saturated rings. The van der Waals surface area contributed by atoms with Crippen molar-refractivity contribution >= 4 is 33.1 Å². The minimum Gasteiger partial charge on any atom is -0.261 e. The van der Waals surface area contributed by atoms with Crippen LogP contribution in [0.15, 0.2) is 35.2 Å². The van der Waals surface area contributed by atoms with Gasteiger partial charge in [0.25, 0.3) is 10.0 Å². The number of aromatic nitrogens is 3. The maximum atomic E-state index is 12.5. The summed E-state index contributed by atoms with van der Waals surface area (Å²) in [6.45, 7) is 3.58. The molecule has 0 unspecified atom stereocenters. The summed E-state index contributed by atoms with van der Waals surface area (Å²) in [5.74, 6) is -0.0846. The number of hydrogen-bond donors (Lipinski definition) is 1. The monoisotopic (exact) mass is 361 g/mol. The first-order valence-electron chi connectivity index (χ1n) is 6.88. The lowest BCUT2D eigenvalue weighted by atomic mass is 10.3. The highest BCUT2D eigenvalue weighted by atomic mass is 35.5. The van der Waals surface area contributed by atoms with E-state index >= 15 is 0 Å². The molecular formula is C15H12ClN5O2S. The van der Waals surface area contributed by atoms with Crippen molar-refractivity contribution in [3.8, 4) is 6.07 Å². The predicted octanol–water partition coefficient (Wildman–Crippen LogP) is 2.67. The second-order valence-electron chi connectivity index (χ2n) is 5.15. The second kappa shape index (κ2) is 5.78. The Morgan fingerprint density at radius 3 is 2.67 bits per heavy atom. The zero-order valence-corrected chi connectivity index (χ0v) is 14.4. The van der Waals surface area contributed by atoms with Gasteiger partial charge in [-0.3, -0.25) is 4.72 Å². The van der Waals surface area contributed by atoms with Crippen LogP contribution < -0.4 is 4.72 Å². The fraction of sp³-hybridized carbons (Fsp3) is 0.133. The van der Waals surface area contributed by atoms with Gasteiger partial charge in [0.1, 0.15) is 16.5 Å². The Bertz CT molecular complexity index is 1100. The third-order valence-corrected chi connectivity index (χ3v) is 5.20. The van der Waals surface area contributed by atoms with Gasteiger partial charge in [-0.15, -0.1) is 5.10 Å². The summed E-state index contributed by atoms with van der Waals surface area (Å²) in [5.41, 5.74) is 1.79. The molecule has 0 aliphatic rings. The highest BCUT2D eigenvalue weighted by Gasteiger charge is 2.23. The first kappa shape index (κ1) is 16.2. The van der Waals surface area contributed by atoms with Crippen LogP contribution in [0.4, 0.5) is 5.82 Å². The molecule has 1 aromatic carbocycles. The lowest BCUT2D eigenvalue weighted by molar-refractivity contribution is 0.601. The molecule has 0 atom stereocenters. The number of nitrogens with one attached hydrogen (secondary N) is 1. The number of hydrogen-bond acceptors (Lipinski definition) is 5. The standard InChI is InChI=1S/C15H12ClN5O2S/c1-9-7-10(2)21-15(18-9)11(8-17)14(19-21)20-24(22,23)13-6-4-3-5-12(13)16/h3-7H,1-2H3,(H,19,20). The molecule has 2 heterocycles. The number of fused-ring (bicyclic) bond motifs is 1. The van der Waals surface area contributed by atoms with Crippen LogP contribution in [-0.2, 0) is 10.0 Å². The third-order valence-electron chi connectivity index (χ3n) is 3.36. The van der Waals surface area contributed by atoms with E-state index in [-0.39, 0.29) is 21.3 Å².